The fourth-order valence-electron chi connectivity index (χ4n) is 3.56. The van der Waals surface area contributed by atoms with Crippen LogP contribution in [0.3, 0.4) is 0 Å². The average Bonchev–Trinajstić information content (AvgIpc) is 3.19. The molecule has 9 heteroatoms. The summed E-state index contributed by atoms with van der Waals surface area (Å²) in [6.45, 7) is 7.91. The number of hydrogen-bond acceptors (Lipinski definition) is 6. The maximum Gasteiger partial charge on any atom is 0.250 e. The van der Waals surface area contributed by atoms with Crippen LogP contribution in [0.5, 0.6) is 5.75 Å². The summed E-state index contributed by atoms with van der Waals surface area (Å²) >= 11 is 18.3. The lowest BCUT2D eigenvalue weighted by molar-refractivity contribution is 0.159. The molecule has 0 aliphatic carbocycles. The summed E-state index contributed by atoms with van der Waals surface area (Å²) in [5, 5.41) is 3.25. The van der Waals surface area contributed by atoms with Gasteiger partial charge in [0.1, 0.15) is 11.4 Å². The Morgan fingerprint density at radius 1 is 1.13 bits per heavy atom. The molecule has 6 nitrogen and oxygen atoms in total. The summed E-state index contributed by atoms with van der Waals surface area (Å²) < 4.78 is 4.25. The van der Waals surface area contributed by atoms with Crippen LogP contribution in [0.1, 0.15) is 38.1 Å². The first-order valence-electron chi connectivity index (χ1n) is 10.0. The number of nitrogens with one attached hydrogen (secondary N) is 1. The van der Waals surface area contributed by atoms with Crippen molar-refractivity contribution in [2.75, 3.05) is 31.5 Å². The van der Waals surface area contributed by atoms with E-state index in [0.29, 0.717) is 18.3 Å². The van der Waals surface area contributed by atoms with Crippen molar-refractivity contribution in [2.45, 2.75) is 36.1 Å². The lowest BCUT2D eigenvalue weighted by atomic mass is 10.0. The molecule has 2 aromatic rings. The fraction of sp³-hybridized carbons (Fsp3) is 0.476. The van der Waals surface area contributed by atoms with Gasteiger partial charge in [0, 0.05) is 24.2 Å². The number of ether oxygens (including phenoxy) is 1. The summed E-state index contributed by atoms with van der Waals surface area (Å²) in [7, 11) is 0. The van der Waals surface area contributed by atoms with Crippen LogP contribution in [-0.4, -0.2) is 51.6 Å². The first kappa shape index (κ1) is 21.6. The molecule has 3 heterocycles. The Balaban J connectivity index is 1.60. The number of likely N-dealkylation sites (tertiary alicyclic amines) is 1. The predicted molar refractivity (Wildman–Crippen MR) is 122 cm³/mol. The molecule has 0 saturated carbocycles. The van der Waals surface area contributed by atoms with E-state index in [9.17, 15) is 0 Å². The number of alkyl halides is 3. The van der Waals surface area contributed by atoms with Gasteiger partial charge >= 0.3 is 0 Å². The average molecular weight is 469 g/mol. The minimum atomic E-state index is -1.75. The van der Waals surface area contributed by atoms with Crippen LogP contribution in [0, 0.1) is 0 Å². The Morgan fingerprint density at radius 3 is 2.63 bits per heavy atom. The van der Waals surface area contributed by atoms with Gasteiger partial charge in [0.2, 0.25) is 9.74 Å². The van der Waals surface area contributed by atoms with Crippen LogP contribution in [0.2, 0.25) is 0 Å². The van der Waals surface area contributed by atoms with E-state index in [1.807, 2.05) is 44.2 Å². The third kappa shape index (κ3) is 5.17. The highest BCUT2D eigenvalue weighted by Gasteiger charge is 2.29. The highest BCUT2D eigenvalue weighted by Crippen LogP contribution is 2.38. The molecule has 4 rings (SSSR count). The van der Waals surface area contributed by atoms with E-state index in [-0.39, 0.29) is 11.4 Å². The summed E-state index contributed by atoms with van der Waals surface area (Å²) in [5.41, 5.74) is 1.41. The van der Waals surface area contributed by atoms with E-state index < -0.39 is 3.79 Å². The summed E-state index contributed by atoms with van der Waals surface area (Å²) in [6.07, 6.45) is 6.56. The van der Waals surface area contributed by atoms with E-state index in [4.69, 9.17) is 39.5 Å². The van der Waals surface area contributed by atoms with Crippen LogP contribution in [0.25, 0.3) is 17.5 Å². The Bertz CT molecular complexity index is 952. The predicted octanol–water partition coefficient (Wildman–Crippen LogP) is 5.06. The zero-order valence-electron chi connectivity index (χ0n) is 17.0. The Hall–Kier alpha value is -1.60. The molecule has 0 spiro atoms. The van der Waals surface area contributed by atoms with Crippen molar-refractivity contribution in [3.05, 3.63) is 35.7 Å². The molecule has 1 saturated heterocycles. The Labute approximate surface area is 191 Å². The number of halogens is 3. The topological polar surface area (TPSA) is 63.2 Å². The van der Waals surface area contributed by atoms with Crippen molar-refractivity contribution in [3.63, 3.8) is 0 Å². The minimum absolute atomic E-state index is 0.0896. The minimum Gasteiger partial charge on any atom is -0.483 e. The Morgan fingerprint density at radius 2 is 1.90 bits per heavy atom. The molecule has 0 atom stereocenters. The molecule has 0 unspecified atom stereocenters. The molecule has 1 aromatic heterocycles. The van der Waals surface area contributed by atoms with Crippen molar-refractivity contribution in [3.8, 4) is 17.1 Å². The highest BCUT2D eigenvalue weighted by atomic mass is 35.6. The smallest absolute Gasteiger partial charge is 0.250 e. The van der Waals surface area contributed by atoms with E-state index >= 15 is 0 Å². The van der Waals surface area contributed by atoms with Crippen molar-refractivity contribution in [1.82, 2.24) is 19.9 Å². The molecule has 2 aliphatic rings. The van der Waals surface area contributed by atoms with Gasteiger partial charge in [-0.3, -0.25) is 0 Å². The molecule has 1 N–H and O–H groups in total. The maximum absolute atomic E-state index is 6.09. The third-order valence-electron chi connectivity index (χ3n) is 5.10. The molecule has 1 aromatic carbocycles. The lowest BCUT2D eigenvalue weighted by Gasteiger charge is -2.28. The molecular formula is C21H24Cl3N5O. The van der Waals surface area contributed by atoms with Gasteiger partial charge in [-0.1, -0.05) is 40.9 Å². The van der Waals surface area contributed by atoms with Crippen LogP contribution < -0.4 is 10.1 Å². The van der Waals surface area contributed by atoms with E-state index in [1.54, 1.807) is 0 Å². The van der Waals surface area contributed by atoms with Gasteiger partial charge in [-0.05, 0) is 64.1 Å². The normalized spacial score (nSPS) is 18.2. The van der Waals surface area contributed by atoms with Gasteiger partial charge in [0.15, 0.2) is 11.6 Å². The quantitative estimate of drug-likeness (QED) is 0.619. The number of aromatic nitrogens is 3. The maximum atomic E-state index is 6.09. The second-order valence-corrected chi connectivity index (χ2v) is 10.4. The second kappa shape index (κ2) is 8.50. The number of rotatable bonds is 5. The number of hydrogen-bond donors (Lipinski definition) is 1. The first-order valence-corrected chi connectivity index (χ1v) is 11.2. The highest BCUT2D eigenvalue weighted by molar-refractivity contribution is 6.66. The fourth-order valence-corrected chi connectivity index (χ4v) is 3.82. The molecule has 30 heavy (non-hydrogen) atoms. The van der Waals surface area contributed by atoms with Crippen molar-refractivity contribution in [1.29, 1.82) is 0 Å². The van der Waals surface area contributed by atoms with Gasteiger partial charge in [-0.15, -0.1) is 0 Å². The van der Waals surface area contributed by atoms with Gasteiger partial charge in [-0.25, -0.2) is 4.98 Å². The van der Waals surface area contributed by atoms with Gasteiger partial charge in [0.25, 0.3) is 0 Å². The number of nitrogens with zero attached hydrogens (tertiary/aromatic N) is 4. The zero-order valence-corrected chi connectivity index (χ0v) is 19.2. The van der Waals surface area contributed by atoms with Crippen LogP contribution >= 0.6 is 34.8 Å². The van der Waals surface area contributed by atoms with E-state index in [2.05, 4.69) is 25.2 Å². The second-order valence-electron chi connectivity index (χ2n) is 8.07. The van der Waals surface area contributed by atoms with Gasteiger partial charge in [-0.2, -0.15) is 9.97 Å². The monoisotopic (exact) mass is 467 g/mol. The SMILES string of the molecule is CC1(C)C=Cc2cc(-c3nc(NCCN4CCCC4)nc(C(Cl)(Cl)Cl)n3)ccc2O1. The summed E-state index contributed by atoms with van der Waals surface area (Å²) in [6, 6.07) is 5.78. The van der Waals surface area contributed by atoms with Gasteiger partial charge in [0.05, 0.1) is 0 Å². The lowest BCUT2D eigenvalue weighted by Crippen LogP contribution is -2.27. The van der Waals surface area contributed by atoms with Crippen LogP contribution in [0.4, 0.5) is 5.95 Å². The van der Waals surface area contributed by atoms with Crippen LogP contribution in [0.15, 0.2) is 24.3 Å². The van der Waals surface area contributed by atoms with Crippen molar-refractivity contribution >= 4 is 46.8 Å². The van der Waals surface area contributed by atoms with E-state index in [0.717, 1.165) is 36.5 Å². The molecule has 0 amide bonds. The third-order valence-corrected chi connectivity index (χ3v) is 5.61. The Kier molecular flexibility index (Phi) is 6.13. The summed E-state index contributed by atoms with van der Waals surface area (Å²) in [5.74, 6) is 1.74. The molecule has 1 fully saturated rings. The first-order chi connectivity index (χ1) is 14.2. The van der Waals surface area contributed by atoms with Gasteiger partial charge < -0.3 is 15.0 Å². The standard InChI is InChI=1S/C21H24Cl3N5O/c1-20(2)8-7-14-13-15(5-6-16(14)30-20)17-26-18(21(22,23)24)28-19(27-17)25-9-12-29-10-3-4-11-29/h5-8,13H,3-4,9-12H2,1-2H3,(H,25,26,27,28). The zero-order chi connectivity index (χ0) is 21.4. The molecule has 160 valence electrons. The largest absolute Gasteiger partial charge is 0.483 e. The van der Waals surface area contributed by atoms with Crippen LogP contribution in [-0.2, 0) is 3.79 Å². The van der Waals surface area contributed by atoms with Crippen molar-refractivity contribution < 1.29 is 4.74 Å². The van der Waals surface area contributed by atoms with E-state index in [1.165, 1.54) is 12.8 Å². The molecule has 0 radical (unpaired) electrons. The summed E-state index contributed by atoms with van der Waals surface area (Å²) in [4.78, 5) is 15.7. The van der Waals surface area contributed by atoms with Crippen molar-refractivity contribution in [2.24, 2.45) is 0 Å². The number of fused-ring (bicyclic) bond motifs is 1. The number of benzene rings is 1. The number of anilines is 1. The molecule has 0 bridgehead atoms. The molecule has 2 aliphatic heterocycles. The molecular weight excluding hydrogens is 445 g/mol.